The van der Waals surface area contributed by atoms with Crippen molar-refractivity contribution in [3.8, 4) is 0 Å². The number of rotatable bonds is 1. The van der Waals surface area contributed by atoms with Gasteiger partial charge in [-0.3, -0.25) is 4.79 Å². The summed E-state index contributed by atoms with van der Waals surface area (Å²) >= 11 is 0. The Balaban J connectivity index is 1.88. The van der Waals surface area contributed by atoms with Crippen LogP contribution in [0.2, 0.25) is 30.1 Å². The molecule has 0 amide bonds. The zero-order valence-corrected chi connectivity index (χ0v) is 11.0. The molecule has 0 aromatic carbocycles. The average Bonchev–Trinajstić information content (AvgIpc) is 2.80. The third kappa shape index (κ3) is 1.92. The normalized spacial score (nSPS) is 40.1. The van der Waals surface area contributed by atoms with Crippen LogP contribution in [0.3, 0.4) is 0 Å². The standard InChI is InChI=1S/C9H18B6O2/c10-13-15-4-1-5-8(17-9(16)12-5)7-6(15)2-3-14(7)11/h5-8,12-13H,1-4,10-11H2. The Morgan fingerprint density at radius 1 is 1.41 bits per heavy atom. The van der Waals surface area contributed by atoms with Crippen molar-refractivity contribution in [3.05, 3.63) is 0 Å². The number of hydrogen-bond acceptors (Lipinski definition) is 2. The van der Waals surface area contributed by atoms with Crippen molar-refractivity contribution >= 4 is 48.9 Å². The van der Waals surface area contributed by atoms with Crippen LogP contribution in [-0.4, -0.2) is 55.0 Å². The molecule has 0 aromatic heterocycles. The van der Waals surface area contributed by atoms with Gasteiger partial charge in [-0.2, -0.15) is 0 Å². The van der Waals surface area contributed by atoms with E-state index in [9.17, 15) is 4.79 Å². The maximum absolute atomic E-state index is 11.5. The minimum absolute atomic E-state index is 0.0628. The van der Waals surface area contributed by atoms with Gasteiger partial charge in [0, 0.05) is 0 Å². The molecule has 4 atom stereocenters. The molecule has 3 rings (SSSR count). The lowest BCUT2D eigenvalue weighted by Crippen LogP contribution is -2.35. The molecule has 3 aliphatic rings. The lowest BCUT2D eigenvalue weighted by atomic mass is 9.07. The van der Waals surface area contributed by atoms with Crippen molar-refractivity contribution in [1.29, 1.82) is 0 Å². The summed E-state index contributed by atoms with van der Waals surface area (Å²) in [6.07, 6.45) is 5.51. The predicted octanol–water partition coefficient (Wildman–Crippen LogP) is -1.12. The van der Waals surface area contributed by atoms with Gasteiger partial charge in [0.1, 0.15) is 6.60 Å². The molecule has 0 aliphatic carbocycles. The molecule has 4 unspecified atom stereocenters. The lowest BCUT2D eigenvalue weighted by Gasteiger charge is -2.30. The highest BCUT2D eigenvalue weighted by Gasteiger charge is 2.52. The first-order valence-corrected chi connectivity index (χ1v) is 7.40. The van der Waals surface area contributed by atoms with Crippen molar-refractivity contribution in [1.82, 2.24) is 0 Å². The predicted molar refractivity (Wildman–Crippen MR) is 83.3 cm³/mol. The van der Waals surface area contributed by atoms with E-state index in [0.717, 1.165) is 19.0 Å². The molecule has 3 aliphatic heterocycles. The van der Waals surface area contributed by atoms with Crippen molar-refractivity contribution in [2.75, 3.05) is 0 Å². The number of hydrogen-bond donors (Lipinski definition) is 0. The summed E-state index contributed by atoms with van der Waals surface area (Å²) in [6.45, 7) is 1.64. The summed E-state index contributed by atoms with van der Waals surface area (Å²) in [4.78, 5) is 11.5. The fraction of sp³-hybridized carbons (Fsp3) is 0.889. The van der Waals surface area contributed by atoms with Crippen LogP contribution in [0, 0.1) is 0 Å². The molecule has 17 heavy (non-hydrogen) atoms. The molecule has 3 heterocycles. The maximum Gasteiger partial charge on any atom is 0.267 e. The minimum Gasteiger partial charge on any atom is -0.471 e. The monoisotopic (exact) mass is 224 g/mol. The van der Waals surface area contributed by atoms with Crippen LogP contribution in [0.5, 0.6) is 0 Å². The van der Waals surface area contributed by atoms with Gasteiger partial charge in [0.05, 0.1) is 35.2 Å². The second-order valence-electron chi connectivity index (χ2n) is 6.46. The van der Waals surface area contributed by atoms with Crippen molar-refractivity contribution in [2.45, 2.75) is 49.0 Å². The Hall–Kier alpha value is -0.140. The number of carbonyl (C=O) groups is 1. The highest BCUT2D eigenvalue weighted by Crippen LogP contribution is 2.53. The van der Waals surface area contributed by atoms with E-state index in [0.29, 0.717) is 18.9 Å². The highest BCUT2D eigenvalue weighted by molar-refractivity contribution is 7.32. The van der Waals surface area contributed by atoms with Crippen LogP contribution in [0.4, 0.5) is 4.79 Å². The largest absolute Gasteiger partial charge is 0.471 e. The fourth-order valence-corrected chi connectivity index (χ4v) is 4.81. The maximum atomic E-state index is 11.5. The van der Waals surface area contributed by atoms with Crippen LogP contribution < -0.4 is 0 Å². The van der Waals surface area contributed by atoms with Crippen molar-refractivity contribution in [3.63, 3.8) is 0 Å². The molecule has 0 radical (unpaired) electrons. The van der Waals surface area contributed by atoms with E-state index in [4.69, 9.17) is 4.74 Å². The lowest BCUT2D eigenvalue weighted by molar-refractivity contribution is 0.125. The fourth-order valence-electron chi connectivity index (χ4n) is 4.81. The first-order chi connectivity index (χ1) is 8.20. The van der Waals surface area contributed by atoms with Gasteiger partial charge in [0.15, 0.2) is 0 Å². The second-order valence-corrected chi connectivity index (χ2v) is 6.46. The van der Waals surface area contributed by atoms with E-state index >= 15 is 0 Å². The van der Waals surface area contributed by atoms with Crippen molar-refractivity contribution < 1.29 is 9.53 Å². The first kappa shape index (κ1) is 11.9. The summed E-state index contributed by atoms with van der Waals surface area (Å²) in [5.41, 5.74) is 0. The summed E-state index contributed by atoms with van der Waals surface area (Å²) in [5, 5.41) is 0. The van der Waals surface area contributed by atoms with Gasteiger partial charge >= 0.3 is 0 Å². The average molecular weight is 223 g/mol. The molecule has 0 spiro atoms. The van der Waals surface area contributed by atoms with Crippen LogP contribution in [0.1, 0.15) is 12.8 Å². The molecular formula is C9H18B6O2. The minimum atomic E-state index is 0.0628. The Bertz CT molecular complexity index is 327. The van der Waals surface area contributed by atoms with Gasteiger partial charge in [-0.15, -0.1) is 0 Å². The molecule has 0 aromatic rings. The van der Waals surface area contributed by atoms with E-state index in [2.05, 4.69) is 15.5 Å². The topological polar surface area (TPSA) is 26.3 Å². The quantitative estimate of drug-likeness (QED) is 0.526. The molecule has 0 N–H and O–H groups in total. The number of ether oxygens (including phenoxy) is 1. The summed E-state index contributed by atoms with van der Waals surface area (Å²) in [6, 6.07) is 0. The summed E-state index contributed by atoms with van der Waals surface area (Å²) in [7, 11) is 6.70. The van der Waals surface area contributed by atoms with Gasteiger partial charge in [-0.1, -0.05) is 31.3 Å². The van der Waals surface area contributed by atoms with Gasteiger partial charge in [-0.05, 0) is 11.6 Å². The zero-order valence-electron chi connectivity index (χ0n) is 11.0. The Kier molecular flexibility index (Phi) is 3.16. The molecule has 0 bridgehead atoms. The van der Waals surface area contributed by atoms with E-state index in [1.165, 1.54) is 32.5 Å². The van der Waals surface area contributed by atoms with E-state index in [1.54, 1.807) is 0 Å². The molecule has 84 valence electrons. The molecule has 8 heteroatoms. The molecular weight excluding hydrogens is 205 g/mol. The number of carbonyl (C=O) groups excluding carboxylic acids is 1. The van der Waals surface area contributed by atoms with Gasteiger partial charge in [0.25, 0.3) is 7.28 Å². The number of fused-ring (bicyclic) bond motifs is 3. The highest BCUT2D eigenvalue weighted by atomic mass is 16.5. The zero-order chi connectivity index (χ0) is 12.0. The van der Waals surface area contributed by atoms with Crippen LogP contribution >= 0.6 is 0 Å². The Morgan fingerprint density at radius 3 is 3.00 bits per heavy atom. The first-order valence-electron chi connectivity index (χ1n) is 7.40. The summed E-state index contributed by atoms with van der Waals surface area (Å²) in [5.74, 6) is 2.09. The molecule has 2 nitrogen and oxygen atoms in total. The molecule has 3 fully saturated rings. The van der Waals surface area contributed by atoms with Crippen LogP contribution in [0.25, 0.3) is 0 Å². The van der Waals surface area contributed by atoms with Crippen LogP contribution in [0.15, 0.2) is 0 Å². The second kappa shape index (κ2) is 4.51. The summed E-state index contributed by atoms with van der Waals surface area (Å²) < 4.78 is 5.68. The third-order valence-corrected chi connectivity index (χ3v) is 5.69. The van der Waals surface area contributed by atoms with E-state index in [-0.39, 0.29) is 12.0 Å². The van der Waals surface area contributed by atoms with E-state index < -0.39 is 0 Å². The smallest absolute Gasteiger partial charge is 0.267 e. The molecule has 3 saturated heterocycles. The Labute approximate surface area is 108 Å². The van der Waals surface area contributed by atoms with Gasteiger partial charge in [0.2, 0.25) is 5.87 Å². The molecule has 0 saturated carbocycles. The van der Waals surface area contributed by atoms with E-state index in [1.807, 2.05) is 0 Å². The van der Waals surface area contributed by atoms with Crippen LogP contribution in [-0.2, 0) is 4.74 Å². The van der Waals surface area contributed by atoms with Gasteiger partial charge in [-0.25, -0.2) is 0 Å². The Morgan fingerprint density at radius 2 is 2.24 bits per heavy atom. The SMILES string of the molecule is BBB1CCC2BC(=O)OC2C2B(B)CCC12. The third-order valence-electron chi connectivity index (χ3n) is 5.69. The van der Waals surface area contributed by atoms with Crippen molar-refractivity contribution in [2.24, 2.45) is 0 Å². The van der Waals surface area contributed by atoms with Gasteiger partial charge < -0.3 is 4.74 Å².